The Bertz CT molecular complexity index is 303. The maximum atomic E-state index is 10.3. The van der Waals surface area contributed by atoms with E-state index in [1.54, 1.807) is 0 Å². The Hall–Kier alpha value is -1.35. The van der Waals surface area contributed by atoms with E-state index in [1.807, 2.05) is 31.2 Å². The van der Waals surface area contributed by atoms with E-state index in [9.17, 15) is 9.90 Å². The zero-order chi connectivity index (χ0) is 10.6. The van der Waals surface area contributed by atoms with Crippen LogP contribution in [0.5, 0.6) is 0 Å². The first kappa shape index (κ1) is 10.7. The topological polar surface area (TPSA) is 57.5 Å². The number of aliphatic hydroxyl groups is 1. The molecule has 0 aliphatic carbocycles. The number of carboxylic acid groups (broad SMARTS) is 1. The molecule has 1 unspecified atom stereocenters. The van der Waals surface area contributed by atoms with Crippen LogP contribution in [0.25, 0.3) is 0 Å². The average molecular weight is 194 g/mol. The van der Waals surface area contributed by atoms with E-state index in [0.717, 1.165) is 11.1 Å². The first-order valence-corrected chi connectivity index (χ1v) is 4.53. The number of rotatable bonds is 4. The standard InChI is InChI=1S/C11H14O3/c1-8-2-4-9(5-3-8)6-10(12)7-11(13)14/h2-5,10,12H,6-7H2,1H3,(H,13,14). The molecule has 1 rings (SSSR count). The Balaban J connectivity index is 2.51. The van der Waals surface area contributed by atoms with E-state index in [2.05, 4.69) is 0 Å². The van der Waals surface area contributed by atoms with Gasteiger partial charge in [0.25, 0.3) is 0 Å². The maximum absolute atomic E-state index is 10.3. The molecule has 0 spiro atoms. The second-order valence-electron chi connectivity index (χ2n) is 3.44. The summed E-state index contributed by atoms with van der Waals surface area (Å²) < 4.78 is 0. The predicted octanol–water partition coefficient (Wildman–Crippen LogP) is 1.37. The van der Waals surface area contributed by atoms with Gasteiger partial charge in [-0.2, -0.15) is 0 Å². The van der Waals surface area contributed by atoms with Crippen molar-refractivity contribution in [3.63, 3.8) is 0 Å². The lowest BCUT2D eigenvalue weighted by molar-refractivity contribution is -0.139. The van der Waals surface area contributed by atoms with Crippen LogP contribution < -0.4 is 0 Å². The van der Waals surface area contributed by atoms with Crippen molar-refractivity contribution in [3.8, 4) is 0 Å². The van der Waals surface area contributed by atoms with Crippen LogP contribution in [0.2, 0.25) is 0 Å². The molecule has 1 aromatic rings. The molecule has 0 amide bonds. The molecule has 76 valence electrons. The third-order valence-electron chi connectivity index (χ3n) is 2.00. The Morgan fingerprint density at radius 3 is 2.43 bits per heavy atom. The molecular formula is C11H14O3. The van der Waals surface area contributed by atoms with Gasteiger partial charge in [0.15, 0.2) is 0 Å². The number of aliphatic hydroxyl groups excluding tert-OH is 1. The molecule has 0 heterocycles. The van der Waals surface area contributed by atoms with Crippen molar-refractivity contribution in [2.45, 2.75) is 25.9 Å². The summed E-state index contributed by atoms with van der Waals surface area (Å²) in [6.07, 6.45) is -0.601. The van der Waals surface area contributed by atoms with Crippen molar-refractivity contribution < 1.29 is 15.0 Å². The Morgan fingerprint density at radius 2 is 1.93 bits per heavy atom. The van der Waals surface area contributed by atoms with Gasteiger partial charge >= 0.3 is 5.97 Å². The van der Waals surface area contributed by atoms with Crippen LogP contribution in [-0.2, 0) is 11.2 Å². The van der Waals surface area contributed by atoms with Gasteiger partial charge in [0, 0.05) is 0 Å². The van der Waals surface area contributed by atoms with Crippen LogP contribution >= 0.6 is 0 Å². The molecule has 0 saturated carbocycles. The van der Waals surface area contributed by atoms with E-state index in [4.69, 9.17) is 5.11 Å². The Labute approximate surface area is 83.0 Å². The van der Waals surface area contributed by atoms with Crippen molar-refractivity contribution in [2.75, 3.05) is 0 Å². The summed E-state index contributed by atoms with van der Waals surface area (Å²) in [5.41, 5.74) is 2.12. The molecular weight excluding hydrogens is 180 g/mol. The minimum atomic E-state index is -0.968. The van der Waals surface area contributed by atoms with Gasteiger partial charge in [-0.1, -0.05) is 29.8 Å². The summed E-state index contributed by atoms with van der Waals surface area (Å²) in [5.74, 6) is -0.968. The second kappa shape index (κ2) is 4.77. The number of hydrogen-bond donors (Lipinski definition) is 2. The molecule has 3 nitrogen and oxygen atoms in total. The largest absolute Gasteiger partial charge is 0.481 e. The molecule has 0 fully saturated rings. The van der Waals surface area contributed by atoms with E-state index < -0.39 is 12.1 Å². The smallest absolute Gasteiger partial charge is 0.305 e. The monoisotopic (exact) mass is 194 g/mol. The summed E-state index contributed by atoms with van der Waals surface area (Å²) >= 11 is 0. The van der Waals surface area contributed by atoms with Gasteiger partial charge in [-0.05, 0) is 18.9 Å². The molecule has 0 bridgehead atoms. The van der Waals surface area contributed by atoms with Crippen molar-refractivity contribution in [1.82, 2.24) is 0 Å². The van der Waals surface area contributed by atoms with Gasteiger partial charge in [-0.3, -0.25) is 4.79 Å². The molecule has 0 aliphatic heterocycles. The van der Waals surface area contributed by atoms with Crippen LogP contribution in [0.4, 0.5) is 0 Å². The molecule has 1 atom stereocenters. The highest BCUT2D eigenvalue weighted by molar-refractivity contribution is 5.67. The molecule has 0 aromatic heterocycles. The first-order chi connectivity index (χ1) is 6.58. The quantitative estimate of drug-likeness (QED) is 0.761. The highest BCUT2D eigenvalue weighted by atomic mass is 16.4. The summed E-state index contributed by atoms with van der Waals surface area (Å²) in [4.78, 5) is 10.3. The Morgan fingerprint density at radius 1 is 1.36 bits per heavy atom. The summed E-state index contributed by atoms with van der Waals surface area (Å²) in [5, 5.41) is 17.8. The van der Waals surface area contributed by atoms with Crippen LogP contribution in [0.3, 0.4) is 0 Å². The second-order valence-corrected chi connectivity index (χ2v) is 3.44. The van der Waals surface area contributed by atoms with Crippen LogP contribution in [-0.4, -0.2) is 22.3 Å². The molecule has 0 aliphatic rings. The van der Waals surface area contributed by atoms with Crippen LogP contribution in [0.1, 0.15) is 17.5 Å². The molecule has 0 saturated heterocycles. The van der Waals surface area contributed by atoms with Crippen molar-refractivity contribution in [2.24, 2.45) is 0 Å². The van der Waals surface area contributed by atoms with E-state index in [1.165, 1.54) is 0 Å². The normalized spacial score (nSPS) is 12.4. The summed E-state index contributed by atoms with van der Waals surface area (Å²) in [6.45, 7) is 1.98. The van der Waals surface area contributed by atoms with Crippen LogP contribution in [0.15, 0.2) is 24.3 Å². The molecule has 14 heavy (non-hydrogen) atoms. The van der Waals surface area contributed by atoms with E-state index >= 15 is 0 Å². The predicted molar refractivity (Wildman–Crippen MR) is 53.1 cm³/mol. The third kappa shape index (κ3) is 3.58. The lowest BCUT2D eigenvalue weighted by Crippen LogP contribution is -2.15. The Kier molecular flexibility index (Phi) is 3.65. The zero-order valence-electron chi connectivity index (χ0n) is 8.10. The molecule has 0 radical (unpaired) electrons. The molecule has 2 N–H and O–H groups in total. The third-order valence-corrected chi connectivity index (χ3v) is 2.00. The lowest BCUT2D eigenvalue weighted by atomic mass is 10.0. The minimum absolute atomic E-state index is 0.201. The van der Waals surface area contributed by atoms with Gasteiger partial charge in [0.05, 0.1) is 12.5 Å². The fourth-order valence-electron chi connectivity index (χ4n) is 1.27. The van der Waals surface area contributed by atoms with Crippen molar-refractivity contribution in [3.05, 3.63) is 35.4 Å². The highest BCUT2D eigenvalue weighted by Crippen LogP contribution is 2.07. The molecule has 3 heteroatoms. The van der Waals surface area contributed by atoms with Gasteiger partial charge in [-0.15, -0.1) is 0 Å². The highest BCUT2D eigenvalue weighted by Gasteiger charge is 2.09. The summed E-state index contributed by atoms with van der Waals surface area (Å²) in [6, 6.07) is 7.70. The van der Waals surface area contributed by atoms with Gasteiger partial charge in [-0.25, -0.2) is 0 Å². The maximum Gasteiger partial charge on any atom is 0.305 e. The number of hydrogen-bond acceptors (Lipinski definition) is 2. The zero-order valence-corrected chi connectivity index (χ0v) is 8.10. The van der Waals surface area contributed by atoms with Crippen LogP contribution in [0, 0.1) is 6.92 Å². The number of aliphatic carboxylic acids is 1. The first-order valence-electron chi connectivity index (χ1n) is 4.53. The lowest BCUT2D eigenvalue weighted by Gasteiger charge is -2.07. The van der Waals surface area contributed by atoms with Crippen molar-refractivity contribution in [1.29, 1.82) is 0 Å². The minimum Gasteiger partial charge on any atom is -0.481 e. The van der Waals surface area contributed by atoms with E-state index in [0.29, 0.717) is 6.42 Å². The van der Waals surface area contributed by atoms with E-state index in [-0.39, 0.29) is 6.42 Å². The summed E-state index contributed by atoms with van der Waals surface area (Å²) in [7, 11) is 0. The van der Waals surface area contributed by atoms with Gasteiger partial charge in [0.2, 0.25) is 0 Å². The fraction of sp³-hybridized carbons (Fsp3) is 0.364. The van der Waals surface area contributed by atoms with Crippen molar-refractivity contribution >= 4 is 5.97 Å². The number of carbonyl (C=O) groups is 1. The molecule has 1 aromatic carbocycles. The number of aryl methyl sites for hydroxylation is 1. The van der Waals surface area contributed by atoms with Gasteiger partial charge in [0.1, 0.15) is 0 Å². The fourth-order valence-corrected chi connectivity index (χ4v) is 1.27. The number of carboxylic acids is 1. The SMILES string of the molecule is Cc1ccc(CC(O)CC(=O)O)cc1. The number of benzene rings is 1. The van der Waals surface area contributed by atoms with Gasteiger partial charge < -0.3 is 10.2 Å². The average Bonchev–Trinajstić information content (AvgIpc) is 2.07.